The van der Waals surface area contributed by atoms with Crippen LogP contribution in [0.1, 0.15) is 4.88 Å². The average molecular weight is 262 g/mol. The van der Waals surface area contributed by atoms with E-state index in [2.05, 4.69) is 4.98 Å². The van der Waals surface area contributed by atoms with Gasteiger partial charge in [0, 0.05) is 16.6 Å². The first-order valence-corrected chi connectivity index (χ1v) is 6.73. The highest BCUT2D eigenvalue weighted by Crippen LogP contribution is 2.35. The van der Waals surface area contributed by atoms with Gasteiger partial charge in [0.2, 0.25) is 0 Å². The SMILES string of the molecule is NCCc1cnc(-c2ccc3c(c2)OCCO3)s1. The fraction of sp³-hybridized carbons (Fsp3) is 0.308. The van der Waals surface area contributed by atoms with Gasteiger partial charge in [-0.1, -0.05) is 0 Å². The number of hydrogen-bond acceptors (Lipinski definition) is 5. The van der Waals surface area contributed by atoms with Gasteiger partial charge in [-0.2, -0.15) is 0 Å². The summed E-state index contributed by atoms with van der Waals surface area (Å²) in [5.74, 6) is 1.61. The van der Waals surface area contributed by atoms with Crippen LogP contribution in [0.4, 0.5) is 0 Å². The lowest BCUT2D eigenvalue weighted by molar-refractivity contribution is 0.171. The van der Waals surface area contributed by atoms with Crippen molar-refractivity contribution in [2.45, 2.75) is 6.42 Å². The van der Waals surface area contributed by atoms with Gasteiger partial charge < -0.3 is 15.2 Å². The van der Waals surface area contributed by atoms with Crippen LogP contribution in [-0.4, -0.2) is 24.7 Å². The summed E-state index contributed by atoms with van der Waals surface area (Å²) < 4.78 is 11.1. The number of ether oxygens (including phenoxy) is 2. The number of aromatic nitrogens is 1. The van der Waals surface area contributed by atoms with E-state index >= 15 is 0 Å². The van der Waals surface area contributed by atoms with Crippen LogP contribution in [0, 0.1) is 0 Å². The van der Waals surface area contributed by atoms with Crippen molar-refractivity contribution in [3.05, 3.63) is 29.3 Å². The summed E-state index contributed by atoms with van der Waals surface area (Å²) in [6.07, 6.45) is 2.77. The zero-order chi connectivity index (χ0) is 12.4. The van der Waals surface area contributed by atoms with Crippen LogP contribution in [-0.2, 0) is 6.42 Å². The minimum Gasteiger partial charge on any atom is -0.486 e. The van der Waals surface area contributed by atoms with Crippen molar-refractivity contribution in [2.75, 3.05) is 19.8 Å². The lowest BCUT2D eigenvalue weighted by Crippen LogP contribution is -2.15. The maximum atomic E-state index is 5.57. The Hall–Kier alpha value is -1.59. The van der Waals surface area contributed by atoms with Crippen LogP contribution >= 0.6 is 11.3 Å². The van der Waals surface area contributed by atoms with Crippen molar-refractivity contribution in [1.82, 2.24) is 4.98 Å². The number of thiazole rings is 1. The topological polar surface area (TPSA) is 57.4 Å². The van der Waals surface area contributed by atoms with E-state index in [0.29, 0.717) is 19.8 Å². The first kappa shape index (κ1) is 11.5. The number of rotatable bonds is 3. The molecule has 1 aromatic heterocycles. The molecular weight excluding hydrogens is 248 g/mol. The van der Waals surface area contributed by atoms with E-state index in [0.717, 1.165) is 28.5 Å². The summed E-state index contributed by atoms with van der Waals surface area (Å²) in [5, 5.41) is 0.996. The Morgan fingerprint density at radius 1 is 1.22 bits per heavy atom. The molecule has 1 aliphatic heterocycles. The molecule has 0 saturated carbocycles. The van der Waals surface area contributed by atoms with Crippen LogP contribution in [0.2, 0.25) is 0 Å². The van der Waals surface area contributed by atoms with Crippen LogP contribution < -0.4 is 15.2 Å². The molecule has 2 aromatic rings. The van der Waals surface area contributed by atoms with Crippen molar-refractivity contribution in [1.29, 1.82) is 0 Å². The third-order valence-electron chi connectivity index (χ3n) is 2.73. The standard InChI is InChI=1S/C13H14N2O2S/c14-4-3-10-8-15-13(18-10)9-1-2-11-12(7-9)17-6-5-16-11/h1-2,7-8H,3-6,14H2. The molecule has 4 nitrogen and oxygen atoms in total. The number of fused-ring (bicyclic) bond motifs is 1. The normalized spacial score (nSPS) is 13.6. The number of hydrogen-bond donors (Lipinski definition) is 1. The minimum absolute atomic E-state index is 0.604. The van der Waals surface area contributed by atoms with Gasteiger partial charge >= 0.3 is 0 Å². The maximum Gasteiger partial charge on any atom is 0.162 e. The van der Waals surface area contributed by atoms with Crippen LogP contribution in [0.3, 0.4) is 0 Å². The highest BCUT2D eigenvalue weighted by molar-refractivity contribution is 7.15. The zero-order valence-electron chi connectivity index (χ0n) is 9.89. The second-order valence-electron chi connectivity index (χ2n) is 4.03. The molecule has 0 aliphatic carbocycles. The molecule has 0 bridgehead atoms. The molecule has 0 unspecified atom stereocenters. The highest BCUT2D eigenvalue weighted by Gasteiger charge is 2.13. The quantitative estimate of drug-likeness (QED) is 0.920. The molecule has 18 heavy (non-hydrogen) atoms. The lowest BCUT2D eigenvalue weighted by Gasteiger charge is -2.18. The van der Waals surface area contributed by atoms with Crippen molar-refractivity contribution >= 4 is 11.3 Å². The van der Waals surface area contributed by atoms with Gasteiger partial charge in [-0.05, 0) is 31.2 Å². The average Bonchev–Trinajstić information content (AvgIpc) is 2.87. The van der Waals surface area contributed by atoms with Crippen molar-refractivity contribution in [3.63, 3.8) is 0 Å². The Balaban J connectivity index is 1.91. The minimum atomic E-state index is 0.604. The summed E-state index contributed by atoms with van der Waals surface area (Å²) in [6.45, 7) is 1.87. The summed E-state index contributed by atoms with van der Waals surface area (Å²) in [5.41, 5.74) is 6.60. The van der Waals surface area contributed by atoms with E-state index in [4.69, 9.17) is 15.2 Å². The maximum absolute atomic E-state index is 5.57. The molecule has 2 N–H and O–H groups in total. The highest BCUT2D eigenvalue weighted by atomic mass is 32.1. The van der Waals surface area contributed by atoms with Gasteiger partial charge in [0.05, 0.1) is 0 Å². The number of benzene rings is 1. The third-order valence-corrected chi connectivity index (χ3v) is 3.84. The molecule has 0 radical (unpaired) electrons. The molecule has 0 amide bonds. The summed E-state index contributed by atoms with van der Waals surface area (Å²) >= 11 is 1.67. The number of nitrogens with two attached hydrogens (primary N) is 1. The van der Waals surface area contributed by atoms with E-state index in [9.17, 15) is 0 Å². The molecule has 94 valence electrons. The summed E-state index contributed by atoms with van der Waals surface area (Å²) in [7, 11) is 0. The second kappa shape index (κ2) is 4.96. The largest absolute Gasteiger partial charge is 0.486 e. The molecule has 1 aliphatic rings. The summed E-state index contributed by atoms with van der Waals surface area (Å²) in [6, 6.07) is 5.94. The van der Waals surface area contributed by atoms with Crippen LogP contribution in [0.25, 0.3) is 10.6 Å². The zero-order valence-corrected chi connectivity index (χ0v) is 10.7. The molecule has 0 fully saturated rings. The Kier molecular flexibility index (Phi) is 3.17. The molecule has 3 rings (SSSR count). The second-order valence-corrected chi connectivity index (χ2v) is 5.14. The van der Waals surface area contributed by atoms with Crippen molar-refractivity contribution in [3.8, 4) is 22.1 Å². The number of nitrogens with zero attached hydrogens (tertiary/aromatic N) is 1. The Morgan fingerprint density at radius 2 is 2.06 bits per heavy atom. The van der Waals surface area contributed by atoms with Crippen LogP contribution in [0.5, 0.6) is 11.5 Å². The van der Waals surface area contributed by atoms with Gasteiger partial charge in [-0.15, -0.1) is 11.3 Å². The smallest absolute Gasteiger partial charge is 0.162 e. The fourth-order valence-electron chi connectivity index (χ4n) is 1.88. The van der Waals surface area contributed by atoms with E-state index in [-0.39, 0.29) is 0 Å². The Morgan fingerprint density at radius 3 is 2.89 bits per heavy atom. The van der Waals surface area contributed by atoms with Gasteiger partial charge in [0.25, 0.3) is 0 Å². The molecule has 2 heterocycles. The Bertz CT molecular complexity index is 554. The molecule has 0 atom stereocenters. The molecule has 0 saturated heterocycles. The first-order valence-electron chi connectivity index (χ1n) is 5.91. The lowest BCUT2D eigenvalue weighted by atomic mass is 10.2. The van der Waals surface area contributed by atoms with Crippen molar-refractivity contribution in [2.24, 2.45) is 5.73 Å². The van der Waals surface area contributed by atoms with E-state index < -0.39 is 0 Å². The monoisotopic (exact) mass is 262 g/mol. The molecule has 0 spiro atoms. The third kappa shape index (κ3) is 2.19. The van der Waals surface area contributed by atoms with Gasteiger partial charge in [-0.25, -0.2) is 4.98 Å². The van der Waals surface area contributed by atoms with Gasteiger partial charge in [0.15, 0.2) is 11.5 Å². The van der Waals surface area contributed by atoms with Crippen LogP contribution in [0.15, 0.2) is 24.4 Å². The molecule has 5 heteroatoms. The first-order chi connectivity index (χ1) is 8.86. The van der Waals surface area contributed by atoms with Crippen molar-refractivity contribution < 1.29 is 9.47 Å². The van der Waals surface area contributed by atoms with E-state index in [1.807, 2.05) is 24.4 Å². The summed E-state index contributed by atoms with van der Waals surface area (Å²) in [4.78, 5) is 5.63. The fourth-order valence-corrected chi connectivity index (χ4v) is 2.80. The Labute approximate surface area is 109 Å². The molecular formula is C13H14N2O2S. The predicted octanol–water partition coefficient (Wildman–Crippen LogP) is 2.08. The van der Waals surface area contributed by atoms with Gasteiger partial charge in [-0.3, -0.25) is 0 Å². The molecule has 1 aromatic carbocycles. The van der Waals surface area contributed by atoms with E-state index in [1.54, 1.807) is 11.3 Å². The van der Waals surface area contributed by atoms with E-state index in [1.165, 1.54) is 4.88 Å². The van der Waals surface area contributed by atoms with Gasteiger partial charge in [0.1, 0.15) is 18.2 Å². The predicted molar refractivity (Wildman–Crippen MR) is 71.3 cm³/mol.